The Balaban J connectivity index is 3.36. The maximum atomic E-state index is 12.1. The zero-order valence-electron chi connectivity index (χ0n) is 11.5. The van der Waals surface area contributed by atoms with E-state index >= 15 is 0 Å². The number of esters is 1. The Hall–Kier alpha value is -1.55. The first-order chi connectivity index (χ1) is 8.92. The zero-order valence-corrected chi connectivity index (χ0v) is 12.2. The van der Waals surface area contributed by atoms with Gasteiger partial charge in [-0.1, -0.05) is 25.4 Å². The summed E-state index contributed by atoms with van der Waals surface area (Å²) >= 11 is 5.95. The predicted octanol–water partition coefficient (Wildman–Crippen LogP) is 3.22. The molecule has 104 valence electrons. The number of hydrogen-bond donors (Lipinski definition) is 0. The lowest BCUT2D eigenvalue weighted by Gasteiger charge is -2.16. The van der Waals surface area contributed by atoms with Gasteiger partial charge in [-0.05, 0) is 25.0 Å². The molecule has 0 unspecified atom stereocenters. The molecule has 0 heterocycles. The average Bonchev–Trinajstić information content (AvgIpc) is 2.36. The van der Waals surface area contributed by atoms with Gasteiger partial charge in [-0.2, -0.15) is 0 Å². The van der Waals surface area contributed by atoms with Crippen molar-refractivity contribution < 1.29 is 19.1 Å². The number of carbonyl (C=O) groups excluding carboxylic acids is 2. The standard InChI is InChI=1S/C14H17ClO4/c1-5-19-14(17)13(16)10-6-9(15)7-11(18-4)12(10)8(2)3/h6-8H,5H2,1-4H3. The normalized spacial score (nSPS) is 10.4. The molecule has 1 aromatic rings. The minimum atomic E-state index is -0.881. The number of halogens is 1. The monoisotopic (exact) mass is 284 g/mol. The minimum absolute atomic E-state index is 0.0144. The highest BCUT2D eigenvalue weighted by Crippen LogP contribution is 2.33. The molecule has 5 heteroatoms. The van der Waals surface area contributed by atoms with E-state index in [1.807, 2.05) is 13.8 Å². The molecular formula is C14H17ClO4. The molecule has 4 nitrogen and oxygen atoms in total. The van der Waals surface area contributed by atoms with Crippen LogP contribution in [-0.2, 0) is 9.53 Å². The highest BCUT2D eigenvalue weighted by Gasteiger charge is 2.25. The van der Waals surface area contributed by atoms with E-state index in [-0.39, 0.29) is 18.1 Å². The van der Waals surface area contributed by atoms with Crippen molar-refractivity contribution in [2.45, 2.75) is 26.7 Å². The highest BCUT2D eigenvalue weighted by atomic mass is 35.5. The van der Waals surface area contributed by atoms with E-state index < -0.39 is 11.8 Å². The summed E-state index contributed by atoms with van der Waals surface area (Å²) in [5.74, 6) is -1.07. The Kier molecular flexibility index (Phi) is 5.36. The zero-order chi connectivity index (χ0) is 14.6. The van der Waals surface area contributed by atoms with E-state index in [1.54, 1.807) is 13.0 Å². The average molecular weight is 285 g/mol. The highest BCUT2D eigenvalue weighted by molar-refractivity contribution is 6.42. The van der Waals surface area contributed by atoms with Gasteiger partial charge in [0.2, 0.25) is 0 Å². The van der Waals surface area contributed by atoms with Crippen molar-refractivity contribution in [1.29, 1.82) is 0 Å². The van der Waals surface area contributed by atoms with Gasteiger partial charge < -0.3 is 9.47 Å². The van der Waals surface area contributed by atoms with Gasteiger partial charge in [0.05, 0.1) is 13.7 Å². The second kappa shape index (κ2) is 6.57. The Morgan fingerprint density at radius 3 is 2.42 bits per heavy atom. The molecule has 0 amide bonds. The van der Waals surface area contributed by atoms with Gasteiger partial charge in [-0.25, -0.2) is 4.79 Å². The van der Waals surface area contributed by atoms with Crippen molar-refractivity contribution in [2.75, 3.05) is 13.7 Å². The van der Waals surface area contributed by atoms with Crippen LogP contribution < -0.4 is 4.74 Å². The maximum Gasteiger partial charge on any atom is 0.379 e. The summed E-state index contributed by atoms with van der Waals surface area (Å²) in [5.41, 5.74) is 0.891. The van der Waals surface area contributed by atoms with Crippen molar-refractivity contribution in [3.63, 3.8) is 0 Å². The quantitative estimate of drug-likeness (QED) is 0.473. The molecule has 0 radical (unpaired) electrons. The molecule has 0 fully saturated rings. The largest absolute Gasteiger partial charge is 0.496 e. The summed E-state index contributed by atoms with van der Waals surface area (Å²) in [4.78, 5) is 23.7. The lowest BCUT2D eigenvalue weighted by Crippen LogP contribution is -2.20. The maximum absolute atomic E-state index is 12.1. The van der Waals surface area contributed by atoms with Gasteiger partial charge in [0.25, 0.3) is 5.78 Å². The first-order valence-electron chi connectivity index (χ1n) is 6.01. The Bertz CT molecular complexity index is 494. The van der Waals surface area contributed by atoms with Crippen LogP contribution in [-0.4, -0.2) is 25.5 Å². The fourth-order valence-corrected chi connectivity index (χ4v) is 2.06. The van der Waals surface area contributed by atoms with Crippen LogP contribution >= 0.6 is 11.6 Å². The fourth-order valence-electron chi connectivity index (χ4n) is 1.85. The number of Topliss-reactive ketones (excluding diaryl/α,β-unsaturated/α-hetero) is 1. The molecule has 1 rings (SSSR count). The third kappa shape index (κ3) is 3.47. The van der Waals surface area contributed by atoms with Crippen molar-refractivity contribution in [2.24, 2.45) is 0 Å². The fraction of sp³-hybridized carbons (Fsp3) is 0.429. The molecule has 1 aromatic carbocycles. The van der Waals surface area contributed by atoms with Crippen molar-refractivity contribution in [3.8, 4) is 5.75 Å². The SMILES string of the molecule is CCOC(=O)C(=O)c1cc(Cl)cc(OC)c1C(C)C. The predicted molar refractivity (Wildman–Crippen MR) is 73.1 cm³/mol. The number of hydrogen-bond acceptors (Lipinski definition) is 4. The smallest absolute Gasteiger partial charge is 0.379 e. The molecule has 0 bridgehead atoms. The van der Waals surface area contributed by atoms with Crippen molar-refractivity contribution in [3.05, 3.63) is 28.3 Å². The first-order valence-corrected chi connectivity index (χ1v) is 6.39. The Morgan fingerprint density at radius 2 is 1.95 bits per heavy atom. The molecule has 0 atom stereocenters. The molecule has 0 saturated carbocycles. The molecule has 19 heavy (non-hydrogen) atoms. The number of ketones is 1. The van der Waals surface area contributed by atoms with Crippen LogP contribution in [0.2, 0.25) is 5.02 Å². The van der Waals surface area contributed by atoms with Gasteiger partial charge >= 0.3 is 5.97 Å². The van der Waals surface area contributed by atoms with Crippen molar-refractivity contribution in [1.82, 2.24) is 0 Å². The first kappa shape index (κ1) is 15.5. The van der Waals surface area contributed by atoms with Gasteiger partial charge in [0, 0.05) is 16.1 Å². The summed E-state index contributed by atoms with van der Waals surface area (Å²) in [6.07, 6.45) is 0. The minimum Gasteiger partial charge on any atom is -0.496 e. The van der Waals surface area contributed by atoms with Gasteiger partial charge in [0.15, 0.2) is 0 Å². The van der Waals surface area contributed by atoms with E-state index in [4.69, 9.17) is 21.1 Å². The number of methoxy groups -OCH3 is 1. The third-order valence-electron chi connectivity index (χ3n) is 2.61. The molecule has 0 aliphatic rings. The third-order valence-corrected chi connectivity index (χ3v) is 2.83. The van der Waals surface area contributed by atoms with Crippen LogP contribution in [0.1, 0.15) is 42.6 Å². The van der Waals surface area contributed by atoms with Crippen LogP contribution in [0.3, 0.4) is 0 Å². The van der Waals surface area contributed by atoms with E-state index in [0.717, 1.165) is 0 Å². The second-order valence-electron chi connectivity index (χ2n) is 4.27. The summed E-state index contributed by atoms with van der Waals surface area (Å²) in [6.45, 7) is 5.62. The van der Waals surface area contributed by atoms with Crippen LogP contribution in [0.4, 0.5) is 0 Å². The van der Waals surface area contributed by atoms with Gasteiger partial charge in [-0.15, -0.1) is 0 Å². The number of benzene rings is 1. The molecule has 0 saturated heterocycles. The summed E-state index contributed by atoms with van der Waals surface area (Å²) in [7, 11) is 1.50. The van der Waals surface area contributed by atoms with Crippen LogP contribution in [0.25, 0.3) is 0 Å². The second-order valence-corrected chi connectivity index (χ2v) is 4.71. The van der Waals surface area contributed by atoms with E-state index in [9.17, 15) is 9.59 Å². The van der Waals surface area contributed by atoms with Crippen LogP contribution in [0.15, 0.2) is 12.1 Å². The molecule has 0 N–H and O–H groups in total. The molecular weight excluding hydrogens is 268 g/mol. The van der Waals surface area contributed by atoms with Crippen molar-refractivity contribution >= 4 is 23.4 Å². The Labute approximate surface area is 117 Å². The number of ether oxygens (including phenoxy) is 2. The molecule has 0 spiro atoms. The summed E-state index contributed by atoms with van der Waals surface area (Å²) < 4.78 is 9.96. The van der Waals surface area contributed by atoms with Gasteiger partial charge in [0.1, 0.15) is 5.75 Å². The lowest BCUT2D eigenvalue weighted by atomic mass is 9.93. The summed E-state index contributed by atoms with van der Waals surface area (Å²) in [5, 5.41) is 0.342. The summed E-state index contributed by atoms with van der Waals surface area (Å²) in [6, 6.07) is 3.09. The Morgan fingerprint density at radius 1 is 1.32 bits per heavy atom. The lowest BCUT2D eigenvalue weighted by molar-refractivity contribution is -0.137. The van der Waals surface area contributed by atoms with E-state index in [2.05, 4.69) is 0 Å². The molecule has 0 aromatic heterocycles. The molecule has 0 aliphatic heterocycles. The number of rotatable bonds is 5. The van der Waals surface area contributed by atoms with E-state index in [0.29, 0.717) is 16.3 Å². The molecule has 0 aliphatic carbocycles. The van der Waals surface area contributed by atoms with E-state index in [1.165, 1.54) is 13.2 Å². The van der Waals surface area contributed by atoms with Crippen LogP contribution in [0.5, 0.6) is 5.75 Å². The topological polar surface area (TPSA) is 52.6 Å². The van der Waals surface area contributed by atoms with Gasteiger partial charge in [-0.3, -0.25) is 4.79 Å². The van der Waals surface area contributed by atoms with Crippen LogP contribution in [0, 0.1) is 0 Å². The number of carbonyl (C=O) groups is 2.